The highest BCUT2D eigenvalue weighted by atomic mass is 16.2. The van der Waals surface area contributed by atoms with E-state index in [1.54, 1.807) is 0 Å². The van der Waals surface area contributed by atoms with Crippen LogP contribution in [0.1, 0.15) is 72.3 Å². The lowest BCUT2D eigenvalue weighted by molar-refractivity contribution is -0.125. The summed E-state index contributed by atoms with van der Waals surface area (Å²) < 4.78 is 0. The SMILES string of the molecule is C=N/C(=N\C(=C(C)C)c1c[nH]c2ccccc12)N[C@H](CC)C[C@H](CC)NC(=O)[C@@H]1CCCN1C(=C)C. The van der Waals surface area contributed by atoms with E-state index in [0.29, 0.717) is 5.96 Å². The van der Waals surface area contributed by atoms with Gasteiger partial charge < -0.3 is 20.5 Å². The number of amides is 1. The molecule has 2 heterocycles. The molecule has 3 N–H and O–H groups in total. The lowest BCUT2D eigenvalue weighted by Gasteiger charge is -2.29. The van der Waals surface area contributed by atoms with Crippen LogP contribution in [0.25, 0.3) is 16.6 Å². The van der Waals surface area contributed by atoms with Crippen molar-refractivity contribution in [2.45, 2.75) is 84.8 Å². The Hall–Kier alpha value is -3.35. The number of hydrogen-bond acceptors (Lipinski definition) is 3. The van der Waals surface area contributed by atoms with Crippen LogP contribution in [0.15, 0.2) is 58.3 Å². The molecule has 7 nitrogen and oxygen atoms in total. The van der Waals surface area contributed by atoms with E-state index in [9.17, 15) is 4.79 Å². The van der Waals surface area contributed by atoms with Crippen LogP contribution in [-0.4, -0.2) is 53.1 Å². The molecular weight excluding hydrogens is 448 g/mol. The normalized spacial score (nSPS) is 17.5. The average molecular weight is 491 g/mol. The molecule has 0 unspecified atom stereocenters. The maximum absolute atomic E-state index is 13.1. The quantitative estimate of drug-likeness (QED) is 0.298. The Labute approximate surface area is 215 Å². The van der Waals surface area contributed by atoms with Gasteiger partial charge in [0.05, 0.1) is 5.70 Å². The number of aliphatic imine (C=N–C) groups is 2. The van der Waals surface area contributed by atoms with Crippen molar-refractivity contribution in [2.24, 2.45) is 9.98 Å². The number of allylic oxidation sites excluding steroid dienone is 2. The standard InChI is InChI=1S/C29H42N6O/c1-8-21(32-28(36)26-15-12-16-35(26)20(5)6)17-22(9-2)33-29(30-7)34-27(19(3)4)24-18-31-25-14-11-10-13-23(24)25/h10-11,13-14,18,21-22,26,31H,5,7-9,12,15-17H2,1-4,6H3,(H,32,36)(H,33,34)/t21-,22+,26-/m0/s1. The number of H-pyrrole nitrogens is 1. The number of carbonyl (C=O) groups is 1. The number of hydrogen-bond donors (Lipinski definition) is 3. The Morgan fingerprint density at radius 3 is 2.50 bits per heavy atom. The zero-order valence-corrected chi connectivity index (χ0v) is 22.5. The fraction of sp³-hybridized carbons (Fsp3) is 0.483. The number of fused-ring (bicyclic) bond motifs is 1. The van der Waals surface area contributed by atoms with E-state index in [1.807, 2.05) is 25.3 Å². The van der Waals surface area contributed by atoms with Crippen molar-refractivity contribution < 1.29 is 4.79 Å². The maximum atomic E-state index is 13.1. The molecule has 194 valence electrons. The van der Waals surface area contributed by atoms with Gasteiger partial charge in [0.2, 0.25) is 11.9 Å². The van der Waals surface area contributed by atoms with Gasteiger partial charge in [-0.3, -0.25) is 4.79 Å². The van der Waals surface area contributed by atoms with Gasteiger partial charge in [0, 0.05) is 47.0 Å². The summed E-state index contributed by atoms with van der Waals surface area (Å²) in [5.74, 6) is 0.591. The zero-order valence-electron chi connectivity index (χ0n) is 22.5. The topological polar surface area (TPSA) is 84.9 Å². The Morgan fingerprint density at radius 2 is 1.86 bits per heavy atom. The molecule has 1 aromatic carbocycles. The van der Waals surface area contributed by atoms with Crippen LogP contribution >= 0.6 is 0 Å². The minimum absolute atomic E-state index is 0.0603. The molecule has 0 radical (unpaired) electrons. The summed E-state index contributed by atoms with van der Waals surface area (Å²) in [6.07, 6.45) is 6.40. The van der Waals surface area contributed by atoms with E-state index in [-0.39, 0.29) is 24.0 Å². The van der Waals surface area contributed by atoms with E-state index >= 15 is 0 Å². The lowest BCUT2D eigenvalue weighted by atomic mass is 10.0. The minimum atomic E-state index is -0.118. The van der Waals surface area contributed by atoms with Gasteiger partial charge in [-0.15, -0.1) is 0 Å². The number of aromatic amines is 1. The second-order valence-electron chi connectivity index (χ2n) is 9.88. The van der Waals surface area contributed by atoms with Crippen molar-refractivity contribution in [3.05, 3.63) is 53.9 Å². The number of benzene rings is 1. The van der Waals surface area contributed by atoms with Gasteiger partial charge in [-0.1, -0.05) is 38.6 Å². The summed E-state index contributed by atoms with van der Waals surface area (Å²) in [5.41, 5.74) is 5.03. The van der Waals surface area contributed by atoms with E-state index in [1.165, 1.54) is 0 Å². The van der Waals surface area contributed by atoms with Crippen molar-refractivity contribution in [3.8, 4) is 0 Å². The number of guanidine groups is 1. The Bertz CT molecular complexity index is 1140. The van der Waals surface area contributed by atoms with E-state index < -0.39 is 0 Å². The van der Waals surface area contributed by atoms with Crippen LogP contribution in [-0.2, 0) is 4.79 Å². The minimum Gasteiger partial charge on any atom is -0.364 e. The molecule has 2 aromatic rings. The highest BCUT2D eigenvalue weighted by Gasteiger charge is 2.31. The molecule has 0 bridgehead atoms. The number of carbonyl (C=O) groups excluding carboxylic acids is 1. The molecule has 3 rings (SSSR count). The van der Waals surface area contributed by atoms with E-state index in [0.717, 1.165) is 72.1 Å². The monoisotopic (exact) mass is 490 g/mol. The first-order valence-electron chi connectivity index (χ1n) is 13.1. The van der Waals surface area contributed by atoms with Gasteiger partial charge in [-0.25, -0.2) is 9.98 Å². The molecule has 3 atom stereocenters. The molecule has 1 aliphatic heterocycles. The predicted molar refractivity (Wildman–Crippen MR) is 152 cm³/mol. The maximum Gasteiger partial charge on any atom is 0.242 e. The third-order valence-corrected chi connectivity index (χ3v) is 6.97. The molecule has 36 heavy (non-hydrogen) atoms. The zero-order chi connectivity index (χ0) is 26.2. The molecule has 0 aliphatic carbocycles. The number of rotatable bonds is 10. The van der Waals surface area contributed by atoms with Crippen molar-refractivity contribution >= 4 is 35.2 Å². The Balaban J connectivity index is 1.73. The molecule has 1 saturated heterocycles. The second kappa shape index (κ2) is 12.6. The average Bonchev–Trinajstić information content (AvgIpc) is 3.53. The molecule has 0 saturated carbocycles. The van der Waals surface area contributed by atoms with Crippen molar-refractivity contribution in [2.75, 3.05) is 6.54 Å². The van der Waals surface area contributed by atoms with Crippen LogP contribution in [0.2, 0.25) is 0 Å². The van der Waals surface area contributed by atoms with Crippen molar-refractivity contribution in [3.63, 3.8) is 0 Å². The highest BCUT2D eigenvalue weighted by Crippen LogP contribution is 2.28. The number of aromatic nitrogens is 1. The third-order valence-electron chi connectivity index (χ3n) is 6.97. The lowest BCUT2D eigenvalue weighted by Crippen LogP contribution is -2.48. The highest BCUT2D eigenvalue weighted by molar-refractivity contribution is 5.97. The van der Waals surface area contributed by atoms with E-state index in [4.69, 9.17) is 4.99 Å². The molecule has 1 fully saturated rings. The second-order valence-corrected chi connectivity index (χ2v) is 9.88. The molecule has 7 heteroatoms. The molecule has 1 aliphatic rings. The molecule has 0 spiro atoms. The van der Waals surface area contributed by atoms with E-state index in [2.05, 4.69) is 78.6 Å². The van der Waals surface area contributed by atoms with Crippen LogP contribution in [0.5, 0.6) is 0 Å². The van der Waals surface area contributed by atoms with Crippen molar-refractivity contribution in [1.82, 2.24) is 20.5 Å². The first-order valence-corrected chi connectivity index (χ1v) is 13.1. The fourth-order valence-corrected chi connectivity index (χ4v) is 4.90. The summed E-state index contributed by atoms with van der Waals surface area (Å²) in [5, 5.41) is 7.90. The predicted octanol–water partition coefficient (Wildman–Crippen LogP) is 5.63. The van der Waals surface area contributed by atoms with Gasteiger partial charge in [0.1, 0.15) is 6.04 Å². The van der Waals surface area contributed by atoms with Gasteiger partial charge in [0.15, 0.2) is 0 Å². The summed E-state index contributed by atoms with van der Waals surface area (Å²) in [6, 6.07) is 8.24. The first kappa shape index (κ1) is 27.2. The Morgan fingerprint density at radius 1 is 1.17 bits per heavy atom. The van der Waals surface area contributed by atoms with Gasteiger partial charge in [-0.05, 0) is 71.2 Å². The summed E-state index contributed by atoms with van der Waals surface area (Å²) in [7, 11) is 0. The van der Waals surface area contributed by atoms with Crippen LogP contribution in [0, 0.1) is 0 Å². The number of para-hydroxylation sites is 1. The van der Waals surface area contributed by atoms with Gasteiger partial charge in [0.25, 0.3) is 0 Å². The smallest absolute Gasteiger partial charge is 0.242 e. The fourth-order valence-electron chi connectivity index (χ4n) is 4.90. The summed E-state index contributed by atoms with van der Waals surface area (Å²) in [6.45, 7) is 19.0. The summed E-state index contributed by atoms with van der Waals surface area (Å²) in [4.78, 5) is 27.6. The van der Waals surface area contributed by atoms with Gasteiger partial charge in [-0.2, -0.15) is 0 Å². The Kier molecular flexibility index (Phi) is 9.51. The van der Waals surface area contributed by atoms with Gasteiger partial charge >= 0.3 is 0 Å². The van der Waals surface area contributed by atoms with Crippen LogP contribution < -0.4 is 10.6 Å². The van der Waals surface area contributed by atoms with Crippen LogP contribution in [0.3, 0.4) is 0 Å². The largest absolute Gasteiger partial charge is 0.364 e. The number of nitrogens with zero attached hydrogens (tertiary/aromatic N) is 3. The third kappa shape index (κ3) is 6.45. The first-order chi connectivity index (χ1) is 17.3. The molecular formula is C29H42N6O. The number of likely N-dealkylation sites (tertiary alicyclic amines) is 1. The molecule has 1 aromatic heterocycles. The summed E-state index contributed by atoms with van der Waals surface area (Å²) >= 11 is 0. The molecule has 1 amide bonds. The van der Waals surface area contributed by atoms with Crippen LogP contribution in [0.4, 0.5) is 0 Å². The van der Waals surface area contributed by atoms with Crippen molar-refractivity contribution in [1.29, 1.82) is 0 Å². The number of nitrogens with one attached hydrogen (secondary N) is 3.